The third kappa shape index (κ3) is 3.40. The van der Waals surface area contributed by atoms with Crippen molar-refractivity contribution in [3.8, 4) is 0 Å². The van der Waals surface area contributed by atoms with Crippen molar-refractivity contribution in [2.45, 2.75) is 44.2 Å². The van der Waals surface area contributed by atoms with Gasteiger partial charge in [0, 0.05) is 32.3 Å². The molecule has 2 amide bonds. The molecule has 1 saturated carbocycles. The lowest BCUT2D eigenvalue weighted by Gasteiger charge is -2.41. The van der Waals surface area contributed by atoms with Gasteiger partial charge < -0.3 is 14.5 Å². The minimum Gasteiger partial charge on any atom is -0.371 e. The normalized spacial score (nSPS) is 25.8. The second-order valence-electron chi connectivity index (χ2n) is 7.49. The van der Waals surface area contributed by atoms with Crippen LogP contribution in [0.3, 0.4) is 0 Å². The number of aromatic nitrogens is 1. The first-order chi connectivity index (χ1) is 12.2. The van der Waals surface area contributed by atoms with Crippen molar-refractivity contribution in [3.63, 3.8) is 0 Å². The number of pyridine rings is 1. The van der Waals surface area contributed by atoms with Crippen LogP contribution in [0.25, 0.3) is 0 Å². The Morgan fingerprint density at radius 2 is 2.16 bits per heavy atom. The zero-order chi connectivity index (χ0) is 17.3. The molecule has 2 aliphatic heterocycles. The van der Waals surface area contributed by atoms with E-state index < -0.39 is 0 Å². The molecule has 4 rings (SSSR count). The molecule has 3 fully saturated rings. The Hall–Kier alpha value is -1.95. The highest BCUT2D eigenvalue weighted by atomic mass is 16.5. The van der Waals surface area contributed by atoms with Crippen molar-refractivity contribution >= 4 is 11.8 Å². The van der Waals surface area contributed by atoms with Crippen LogP contribution in [0.15, 0.2) is 24.4 Å². The molecule has 0 N–H and O–H groups in total. The number of amides is 2. The Morgan fingerprint density at radius 1 is 1.32 bits per heavy atom. The molecule has 6 nitrogen and oxygen atoms in total. The highest BCUT2D eigenvalue weighted by molar-refractivity contribution is 5.89. The lowest BCUT2D eigenvalue weighted by Crippen LogP contribution is -2.53. The fourth-order valence-electron chi connectivity index (χ4n) is 4.39. The number of ether oxygens (including phenoxy) is 1. The average molecular weight is 343 g/mol. The number of hydrogen-bond acceptors (Lipinski definition) is 4. The lowest BCUT2D eigenvalue weighted by atomic mass is 9.98. The third-order valence-corrected chi connectivity index (χ3v) is 5.72. The first-order valence-electron chi connectivity index (χ1n) is 9.26. The summed E-state index contributed by atoms with van der Waals surface area (Å²) in [5.74, 6) is -0.0629. The number of rotatable bonds is 3. The first-order valence-corrected chi connectivity index (χ1v) is 9.26. The minimum absolute atomic E-state index is 0.0489. The molecule has 134 valence electrons. The average Bonchev–Trinajstić information content (AvgIpc) is 3.22. The van der Waals surface area contributed by atoms with Gasteiger partial charge in [-0.1, -0.05) is 18.9 Å². The largest absolute Gasteiger partial charge is 0.371 e. The maximum absolute atomic E-state index is 13.0. The van der Waals surface area contributed by atoms with Crippen LogP contribution in [0, 0.1) is 5.92 Å². The van der Waals surface area contributed by atoms with Gasteiger partial charge in [0.2, 0.25) is 11.8 Å². The van der Waals surface area contributed by atoms with Gasteiger partial charge in [-0.15, -0.1) is 0 Å². The first kappa shape index (κ1) is 16.5. The number of hydrogen-bond donors (Lipinski definition) is 0. The van der Waals surface area contributed by atoms with Crippen LogP contribution >= 0.6 is 0 Å². The van der Waals surface area contributed by atoms with Crippen molar-refractivity contribution in [3.05, 3.63) is 30.1 Å². The highest BCUT2D eigenvalue weighted by Crippen LogP contribution is 2.36. The fourth-order valence-corrected chi connectivity index (χ4v) is 4.39. The SMILES string of the molecule is O=C1CC(C(=O)N2CCOC3(CCCC3)C2)CN1Cc1ccccn1. The van der Waals surface area contributed by atoms with E-state index in [-0.39, 0.29) is 23.3 Å². The number of carbonyl (C=O) groups excluding carboxylic acids is 2. The fraction of sp³-hybridized carbons (Fsp3) is 0.632. The molecule has 6 heteroatoms. The van der Waals surface area contributed by atoms with E-state index >= 15 is 0 Å². The molecule has 1 unspecified atom stereocenters. The monoisotopic (exact) mass is 343 g/mol. The van der Waals surface area contributed by atoms with Crippen LogP contribution in [-0.4, -0.2) is 58.4 Å². The zero-order valence-electron chi connectivity index (χ0n) is 14.5. The number of morpholine rings is 1. The summed E-state index contributed by atoms with van der Waals surface area (Å²) >= 11 is 0. The molecule has 1 aliphatic carbocycles. The summed E-state index contributed by atoms with van der Waals surface area (Å²) in [6, 6.07) is 5.69. The molecule has 1 aromatic rings. The van der Waals surface area contributed by atoms with E-state index in [2.05, 4.69) is 4.98 Å². The van der Waals surface area contributed by atoms with E-state index in [9.17, 15) is 9.59 Å². The van der Waals surface area contributed by atoms with Gasteiger partial charge >= 0.3 is 0 Å². The van der Waals surface area contributed by atoms with Crippen molar-refractivity contribution in [2.75, 3.05) is 26.2 Å². The highest BCUT2D eigenvalue weighted by Gasteiger charge is 2.43. The summed E-state index contributed by atoms with van der Waals surface area (Å²) in [4.78, 5) is 33.3. The Kier molecular flexibility index (Phi) is 4.46. The molecule has 0 bridgehead atoms. The van der Waals surface area contributed by atoms with Gasteiger partial charge in [0.15, 0.2) is 0 Å². The standard InChI is InChI=1S/C19H25N3O3/c23-17-11-15(12-22(17)13-16-5-1-4-8-20-16)18(24)21-9-10-25-19(14-21)6-2-3-7-19/h1,4-5,8,15H,2-3,6-7,9-14H2. The minimum atomic E-state index is -0.229. The summed E-state index contributed by atoms with van der Waals surface area (Å²) in [5.41, 5.74) is 0.740. The molecule has 25 heavy (non-hydrogen) atoms. The topological polar surface area (TPSA) is 62.7 Å². The molecular formula is C19H25N3O3. The predicted octanol–water partition coefficient (Wildman–Crippen LogP) is 1.60. The van der Waals surface area contributed by atoms with Crippen LogP contribution in [0.5, 0.6) is 0 Å². The second-order valence-corrected chi connectivity index (χ2v) is 7.49. The number of nitrogens with zero attached hydrogens (tertiary/aromatic N) is 3. The van der Waals surface area contributed by atoms with Gasteiger partial charge in [-0.25, -0.2) is 0 Å². The quantitative estimate of drug-likeness (QED) is 0.836. The Bertz CT molecular complexity index is 643. The van der Waals surface area contributed by atoms with Gasteiger partial charge in [-0.05, 0) is 25.0 Å². The van der Waals surface area contributed by atoms with E-state index in [1.54, 1.807) is 11.1 Å². The smallest absolute Gasteiger partial charge is 0.228 e. The van der Waals surface area contributed by atoms with Crippen LogP contribution < -0.4 is 0 Å². The molecule has 1 aromatic heterocycles. The number of carbonyl (C=O) groups is 2. The van der Waals surface area contributed by atoms with Crippen LogP contribution in [0.4, 0.5) is 0 Å². The molecular weight excluding hydrogens is 318 g/mol. The van der Waals surface area contributed by atoms with Gasteiger partial charge in [0.05, 0.1) is 30.4 Å². The predicted molar refractivity (Wildman–Crippen MR) is 91.5 cm³/mol. The maximum atomic E-state index is 13.0. The summed E-state index contributed by atoms with van der Waals surface area (Å²) in [6.07, 6.45) is 6.51. The van der Waals surface area contributed by atoms with Crippen LogP contribution in [-0.2, 0) is 20.9 Å². The molecule has 0 radical (unpaired) electrons. The van der Waals surface area contributed by atoms with E-state index in [4.69, 9.17) is 4.74 Å². The third-order valence-electron chi connectivity index (χ3n) is 5.72. The lowest BCUT2D eigenvalue weighted by molar-refractivity contribution is -0.153. The van der Waals surface area contributed by atoms with Crippen LogP contribution in [0.2, 0.25) is 0 Å². The van der Waals surface area contributed by atoms with Crippen molar-refractivity contribution in [1.29, 1.82) is 0 Å². The summed E-state index contributed by atoms with van der Waals surface area (Å²) in [7, 11) is 0. The summed E-state index contributed by atoms with van der Waals surface area (Å²) in [6.45, 7) is 2.93. The zero-order valence-corrected chi connectivity index (χ0v) is 14.5. The Labute approximate surface area is 148 Å². The van der Waals surface area contributed by atoms with Gasteiger partial charge in [0.1, 0.15) is 0 Å². The summed E-state index contributed by atoms with van der Waals surface area (Å²) < 4.78 is 6.01. The maximum Gasteiger partial charge on any atom is 0.228 e. The van der Waals surface area contributed by atoms with Crippen molar-refractivity contribution in [1.82, 2.24) is 14.8 Å². The van der Waals surface area contributed by atoms with Gasteiger partial charge in [-0.3, -0.25) is 14.6 Å². The van der Waals surface area contributed by atoms with E-state index in [1.807, 2.05) is 23.1 Å². The molecule has 3 aliphatic rings. The van der Waals surface area contributed by atoms with E-state index in [1.165, 1.54) is 12.8 Å². The van der Waals surface area contributed by atoms with E-state index in [0.717, 1.165) is 18.5 Å². The van der Waals surface area contributed by atoms with Crippen molar-refractivity contribution < 1.29 is 14.3 Å². The Morgan fingerprint density at radius 3 is 2.92 bits per heavy atom. The molecule has 1 spiro atoms. The van der Waals surface area contributed by atoms with Crippen LogP contribution in [0.1, 0.15) is 37.8 Å². The van der Waals surface area contributed by atoms with Gasteiger partial charge in [0.25, 0.3) is 0 Å². The second kappa shape index (κ2) is 6.75. The van der Waals surface area contributed by atoms with Gasteiger partial charge in [-0.2, -0.15) is 0 Å². The van der Waals surface area contributed by atoms with Crippen molar-refractivity contribution in [2.24, 2.45) is 5.92 Å². The molecule has 1 atom stereocenters. The molecule has 2 saturated heterocycles. The molecule has 0 aromatic carbocycles. The summed E-state index contributed by atoms with van der Waals surface area (Å²) in [5, 5.41) is 0. The molecule has 3 heterocycles. The Balaban J connectivity index is 1.38. The van der Waals surface area contributed by atoms with E-state index in [0.29, 0.717) is 39.2 Å². The number of likely N-dealkylation sites (tertiary alicyclic amines) is 1.